The molecule has 0 aliphatic rings. The minimum atomic E-state index is 0.814. The summed E-state index contributed by atoms with van der Waals surface area (Å²) in [5.74, 6) is 0.814. The van der Waals surface area contributed by atoms with Crippen LogP contribution in [0.5, 0.6) is 0 Å². The lowest BCUT2D eigenvalue weighted by Gasteiger charge is -2.15. The molecule has 3 nitrogen and oxygen atoms in total. The van der Waals surface area contributed by atoms with Crippen molar-refractivity contribution in [2.45, 2.75) is 0 Å². The van der Waals surface area contributed by atoms with Crippen molar-refractivity contribution in [2.24, 2.45) is 0 Å². The van der Waals surface area contributed by atoms with Crippen LogP contribution >= 0.6 is 0 Å². The molecule has 0 fully saturated rings. The molecule has 2 aromatic heterocycles. The van der Waals surface area contributed by atoms with Crippen molar-refractivity contribution < 1.29 is 0 Å². The number of benzene rings is 7. The fourth-order valence-electron chi connectivity index (χ4n) is 6.69. The number of para-hydroxylation sites is 2. The summed E-state index contributed by atoms with van der Waals surface area (Å²) in [6, 6.07) is 62.0. The molecule has 220 valence electrons. The molecular weight excluding hydrogens is 571 g/mol. The normalized spacial score (nSPS) is 11.4. The van der Waals surface area contributed by atoms with Crippen LogP contribution in [0.25, 0.3) is 83.3 Å². The molecule has 0 bridgehead atoms. The minimum Gasteiger partial charge on any atom is -0.292 e. The van der Waals surface area contributed by atoms with Gasteiger partial charge < -0.3 is 0 Å². The van der Waals surface area contributed by atoms with Crippen molar-refractivity contribution in [3.05, 3.63) is 176 Å². The van der Waals surface area contributed by atoms with Crippen LogP contribution in [0.2, 0.25) is 0 Å². The summed E-state index contributed by atoms with van der Waals surface area (Å²) in [6.07, 6.45) is 0. The number of hydrogen-bond acceptors (Lipinski definition) is 2. The number of hydrogen-bond donors (Lipinski definition) is 0. The van der Waals surface area contributed by atoms with Crippen molar-refractivity contribution in [3.8, 4) is 50.5 Å². The van der Waals surface area contributed by atoms with E-state index in [9.17, 15) is 0 Å². The highest BCUT2D eigenvalue weighted by Gasteiger charge is 2.20. The van der Waals surface area contributed by atoms with Gasteiger partial charge in [-0.05, 0) is 75.8 Å². The standard InChI is InChI=1S/C44H29N3/c1-4-13-30(14-5-1)33-19-12-20-36(27-33)43-44(46-40-22-11-10-21-39(40)45-43)47-41-25-23-34(31-15-6-2-7-16-31)28-37(41)38-29-35(24-26-42(38)47)32-17-8-3-9-18-32/h1-29H. The maximum Gasteiger partial charge on any atom is 0.165 e. The predicted octanol–water partition coefficient (Wildman–Crippen LogP) is 11.4. The van der Waals surface area contributed by atoms with Crippen LogP contribution in [-0.2, 0) is 0 Å². The molecule has 0 atom stereocenters. The van der Waals surface area contributed by atoms with Gasteiger partial charge >= 0.3 is 0 Å². The molecule has 0 aliphatic heterocycles. The van der Waals surface area contributed by atoms with Crippen LogP contribution in [0.4, 0.5) is 0 Å². The molecule has 47 heavy (non-hydrogen) atoms. The van der Waals surface area contributed by atoms with Gasteiger partial charge in [0.1, 0.15) is 5.69 Å². The first kappa shape index (κ1) is 27.0. The molecule has 2 heterocycles. The highest BCUT2D eigenvalue weighted by molar-refractivity contribution is 6.12. The van der Waals surface area contributed by atoms with E-state index < -0.39 is 0 Å². The number of rotatable bonds is 5. The van der Waals surface area contributed by atoms with E-state index >= 15 is 0 Å². The Morgan fingerprint density at radius 3 is 1.28 bits per heavy atom. The van der Waals surface area contributed by atoms with E-state index in [2.05, 4.69) is 156 Å². The first-order valence-electron chi connectivity index (χ1n) is 15.9. The molecule has 0 aliphatic carbocycles. The monoisotopic (exact) mass is 599 g/mol. The fraction of sp³-hybridized carbons (Fsp3) is 0. The molecular formula is C44H29N3. The summed E-state index contributed by atoms with van der Waals surface area (Å²) < 4.78 is 2.30. The SMILES string of the molecule is c1ccc(-c2cccc(-c3nc4ccccc4nc3-n3c4ccc(-c5ccccc5)cc4c4cc(-c5ccccc5)ccc43)c2)cc1. The van der Waals surface area contributed by atoms with Crippen LogP contribution in [-0.4, -0.2) is 14.5 Å². The Morgan fingerprint density at radius 2 is 0.745 bits per heavy atom. The first-order chi connectivity index (χ1) is 23.3. The maximum absolute atomic E-state index is 5.36. The molecule has 3 heteroatoms. The van der Waals surface area contributed by atoms with Gasteiger partial charge in [0.2, 0.25) is 0 Å². The fourth-order valence-corrected chi connectivity index (χ4v) is 6.69. The molecule has 7 aromatic carbocycles. The number of fused-ring (bicyclic) bond motifs is 4. The largest absolute Gasteiger partial charge is 0.292 e. The Bertz CT molecular complexity index is 2450. The number of nitrogens with zero attached hydrogens (tertiary/aromatic N) is 3. The van der Waals surface area contributed by atoms with E-state index in [-0.39, 0.29) is 0 Å². The minimum absolute atomic E-state index is 0.814. The Kier molecular flexibility index (Phi) is 6.46. The van der Waals surface area contributed by atoms with Crippen molar-refractivity contribution >= 4 is 32.8 Å². The van der Waals surface area contributed by atoms with E-state index in [0.29, 0.717) is 0 Å². The third-order valence-corrected chi connectivity index (χ3v) is 8.99. The summed E-state index contributed by atoms with van der Waals surface area (Å²) in [7, 11) is 0. The lowest BCUT2D eigenvalue weighted by atomic mass is 10.0. The molecule has 0 spiro atoms. The second-order valence-electron chi connectivity index (χ2n) is 11.9. The van der Waals surface area contributed by atoms with Crippen molar-refractivity contribution in [1.82, 2.24) is 14.5 Å². The average Bonchev–Trinajstić information content (AvgIpc) is 3.48. The van der Waals surface area contributed by atoms with E-state index in [4.69, 9.17) is 9.97 Å². The Balaban J connectivity index is 1.35. The lowest BCUT2D eigenvalue weighted by Crippen LogP contribution is -2.03. The third-order valence-electron chi connectivity index (χ3n) is 8.99. The molecule has 9 rings (SSSR count). The van der Waals surface area contributed by atoms with Gasteiger partial charge in [0.15, 0.2) is 5.82 Å². The zero-order chi connectivity index (χ0) is 31.2. The number of aromatic nitrogens is 3. The Labute approximate surface area is 273 Å². The molecule has 0 radical (unpaired) electrons. The topological polar surface area (TPSA) is 30.7 Å². The van der Waals surface area contributed by atoms with Crippen LogP contribution in [0.1, 0.15) is 0 Å². The average molecular weight is 600 g/mol. The van der Waals surface area contributed by atoms with Gasteiger partial charge in [-0.1, -0.05) is 133 Å². The van der Waals surface area contributed by atoms with Crippen molar-refractivity contribution in [2.75, 3.05) is 0 Å². The molecule has 0 unspecified atom stereocenters. The van der Waals surface area contributed by atoms with Gasteiger partial charge in [-0.2, -0.15) is 0 Å². The second kappa shape index (κ2) is 11.2. The third kappa shape index (κ3) is 4.77. The van der Waals surface area contributed by atoms with Crippen LogP contribution in [0.15, 0.2) is 176 Å². The molecule has 0 saturated carbocycles. The van der Waals surface area contributed by atoms with Gasteiger partial charge in [-0.25, -0.2) is 9.97 Å². The Hall–Kier alpha value is -6.32. The highest BCUT2D eigenvalue weighted by Crippen LogP contribution is 2.39. The summed E-state index contributed by atoms with van der Waals surface area (Å²) in [4.78, 5) is 10.7. The lowest BCUT2D eigenvalue weighted by molar-refractivity contribution is 1.08. The zero-order valence-corrected chi connectivity index (χ0v) is 25.6. The Morgan fingerprint density at radius 1 is 0.319 bits per heavy atom. The predicted molar refractivity (Wildman–Crippen MR) is 196 cm³/mol. The maximum atomic E-state index is 5.36. The van der Waals surface area contributed by atoms with Crippen molar-refractivity contribution in [1.29, 1.82) is 0 Å². The summed E-state index contributed by atoms with van der Waals surface area (Å²) in [6.45, 7) is 0. The first-order valence-corrected chi connectivity index (χ1v) is 15.9. The van der Waals surface area contributed by atoms with Gasteiger partial charge in [0.25, 0.3) is 0 Å². The summed E-state index contributed by atoms with van der Waals surface area (Å²) in [5.41, 5.74) is 12.9. The van der Waals surface area contributed by atoms with E-state index in [0.717, 1.165) is 44.7 Å². The van der Waals surface area contributed by atoms with Crippen molar-refractivity contribution in [3.63, 3.8) is 0 Å². The quantitative estimate of drug-likeness (QED) is 0.197. The second-order valence-corrected chi connectivity index (χ2v) is 11.9. The zero-order valence-electron chi connectivity index (χ0n) is 25.6. The molecule has 0 saturated heterocycles. The molecule has 0 N–H and O–H groups in total. The van der Waals surface area contributed by atoms with Crippen LogP contribution < -0.4 is 0 Å². The van der Waals surface area contributed by atoms with Gasteiger partial charge in [0.05, 0.1) is 22.1 Å². The van der Waals surface area contributed by atoms with Gasteiger partial charge in [-0.15, -0.1) is 0 Å². The summed E-state index contributed by atoms with van der Waals surface area (Å²) >= 11 is 0. The van der Waals surface area contributed by atoms with E-state index in [1.807, 2.05) is 24.3 Å². The molecule has 0 amide bonds. The van der Waals surface area contributed by atoms with Gasteiger partial charge in [-0.3, -0.25) is 4.57 Å². The van der Waals surface area contributed by atoms with Crippen LogP contribution in [0, 0.1) is 0 Å². The summed E-state index contributed by atoms with van der Waals surface area (Å²) in [5, 5.41) is 2.36. The van der Waals surface area contributed by atoms with Gasteiger partial charge in [0, 0.05) is 16.3 Å². The smallest absolute Gasteiger partial charge is 0.165 e. The highest BCUT2D eigenvalue weighted by atomic mass is 15.1. The van der Waals surface area contributed by atoms with Crippen LogP contribution in [0.3, 0.4) is 0 Å². The van der Waals surface area contributed by atoms with E-state index in [1.54, 1.807) is 0 Å². The molecule has 9 aromatic rings. The van der Waals surface area contributed by atoms with E-state index in [1.165, 1.54) is 38.6 Å².